The van der Waals surface area contributed by atoms with Gasteiger partial charge in [0.1, 0.15) is 12.4 Å². The summed E-state index contributed by atoms with van der Waals surface area (Å²) in [5, 5.41) is 1.36. The number of aryl methyl sites for hydroxylation is 1. The Morgan fingerprint density at radius 3 is 2.50 bits per heavy atom. The van der Waals surface area contributed by atoms with E-state index in [4.69, 9.17) is 10.7 Å². The number of carbonyl (C=O) groups excluding carboxylic acids is 1. The molecule has 32 heavy (non-hydrogen) atoms. The van der Waals surface area contributed by atoms with Gasteiger partial charge in [0, 0.05) is 6.54 Å². The molecule has 0 radical (unpaired) electrons. The number of benzene rings is 2. The van der Waals surface area contributed by atoms with Crippen LogP contribution in [-0.2, 0) is 23.6 Å². The molecule has 0 atom stereocenters. The maximum atomic E-state index is 13.0. The minimum Gasteiger partial charge on any atom is -0.368 e. The first-order valence-corrected chi connectivity index (χ1v) is 11.9. The van der Waals surface area contributed by atoms with Crippen molar-refractivity contribution in [3.8, 4) is 0 Å². The summed E-state index contributed by atoms with van der Waals surface area (Å²) in [7, 11) is 0. The molecule has 166 valence electrons. The lowest BCUT2D eigenvalue weighted by molar-refractivity contribution is -0.118. The Hall–Kier alpha value is -3.13. The zero-order chi connectivity index (χ0) is 22.5. The van der Waals surface area contributed by atoms with Crippen molar-refractivity contribution in [1.82, 2.24) is 19.1 Å². The molecule has 8 heteroatoms. The molecule has 0 fully saturated rings. The van der Waals surface area contributed by atoms with E-state index in [0.717, 1.165) is 29.2 Å². The number of thioether (sulfide) groups is 1. The summed E-state index contributed by atoms with van der Waals surface area (Å²) in [6, 6.07) is 15.3. The van der Waals surface area contributed by atoms with E-state index in [0.29, 0.717) is 22.5 Å². The van der Waals surface area contributed by atoms with Crippen LogP contribution in [0.25, 0.3) is 21.9 Å². The van der Waals surface area contributed by atoms with Gasteiger partial charge in [-0.25, -0.2) is 9.97 Å². The van der Waals surface area contributed by atoms with Gasteiger partial charge in [0.05, 0.1) is 27.7 Å². The standard InChI is InChI=1S/C24H27N5O2S/c1-2-3-4-9-14-28-20-13-8-7-12-19(20)27-24(28)32-16-22-26-18-11-6-5-10-17(18)23(31)29(22)15-21(25)30/h5-8,10-13H,2-4,9,14-16H2,1H3,(H2,25,30). The maximum absolute atomic E-state index is 13.0. The minimum absolute atomic E-state index is 0.194. The monoisotopic (exact) mass is 449 g/mol. The first-order valence-electron chi connectivity index (χ1n) is 10.9. The number of amides is 1. The van der Waals surface area contributed by atoms with E-state index in [2.05, 4.69) is 22.5 Å². The van der Waals surface area contributed by atoms with Gasteiger partial charge in [-0.2, -0.15) is 0 Å². The van der Waals surface area contributed by atoms with Gasteiger partial charge < -0.3 is 10.3 Å². The largest absolute Gasteiger partial charge is 0.368 e. The van der Waals surface area contributed by atoms with Gasteiger partial charge in [-0.15, -0.1) is 0 Å². The van der Waals surface area contributed by atoms with Crippen LogP contribution in [0.1, 0.15) is 38.4 Å². The molecule has 0 spiro atoms. The van der Waals surface area contributed by atoms with E-state index in [1.165, 1.54) is 35.6 Å². The third-order valence-corrected chi connectivity index (χ3v) is 6.41. The number of para-hydroxylation sites is 3. The summed E-state index contributed by atoms with van der Waals surface area (Å²) < 4.78 is 3.62. The van der Waals surface area contributed by atoms with Crippen LogP contribution in [0, 0.1) is 0 Å². The van der Waals surface area contributed by atoms with Crippen molar-refractivity contribution in [3.63, 3.8) is 0 Å². The molecular formula is C24H27N5O2S. The number of nitrogens with two attached hydrogens (primary N) is 1. The number of unbranched alkanes of at least 4 members (excludes halogenated alkanes) is 3. The number of aromatic nitrogens is 4. The van der Waals surface area contributed by atoms with Crippen molar-refractivity contribution in [2.45, 2.75) is 56.6 Å². The van der Waals surface area contributed by atoms with Gasteiger partial charge in [0.25, 0.3) is 5.56 Å². The van der Waals surface area contributed by atoms with Crippen LogP contribution in [0.4, 0.5) is 0 Å². The molecule has 2 heterocycles. The van der Waals surface area contributed by atoms with Gasteiger partial charge in [0.15, 0.2) is 5.16 Å². The van der Waals surface area contributed by atoms with Gasteiger partial charge >= 0.3 is 0 Å². The maximum Gasteiger partial charge on any atom is 0.261 e. The number of fused-ring (bicyclic) bond motifs is 2. The zero-order valence-electron chi connectivity index (χ0n) is 18.2. The van der Waals surface area contributed by atoms with E-state index in [9.17, 15) is 9.59 Å². The molecule has 2 aromatic heterocycles. The second-order valence-corrected chi connectivity index (χ2v) is 8.73. The van der Waals surface area contributed by atoms with E-state index in [-0.39, 0.29) is 12.1 Å². The number of rotatable bonds is 10. The van der Waals surface area contributed by atoms with Crippen molar-refractivity contribution in [2.24, 2.45) is 5.73 Å². The first kappa shape index (κ1) is 22.1. The molecule has 4 aromatic rings. The lowest BCUT2D eigenvalue weighted by Gasteiger charge is -2.13. The summed E-state index contributed by atoms with van der Waals surface area (Å²) >= 11 is 1.53. The molecular weight excluding hydrogens is 422 g/mol. The molecule has 0 aliphatic carbocycles. The summed E-state index contributed by atoms with van der Waals surface area (Å²) in [5.41, 5.74) is 7.83. The predicted octanol–water partition coefficient (Wildman–Crippen LogP) is 4.10. The first-order chi connectivity index (χ1) is 15.6. The predicted molar refractivity (Wildman–Crippen MR) is 129 cm³/mol. The summed E-state index contributed by atoms with van der Waals surface area (Å²) in [6.45, 7) is 2.90. The Bertz CT molecular complexity index is 1310. The molecule has 4 rings (SSSR count). The Morgan fingerprint density at radius 2 is 1.72 bits per heavy atom. The van der Waals surface area contributed by atoms with E-state index in [1.807, 2.05) is 30.3 Å². The number of imidazole rings is 1. The molecule has 0 unspecified atom stereocenters. The quantitative estimate of drug-likeness (QED) is 0.290. The zero-order valence-corrected chi connectivity index (χ0v) is 19.0. The van der Waals surface area contributed by atoms with E-state index < -0.39 is 5.91 Å². The van der Waals surface area contributed by atoms with Crippen LogP contribution in [0.15, 0.2) is 58.5 Å². The highest BCUT2D eigenvalue weighted by molar-refractivity contribution is 7.98. The van der Waals surface area contributed by atoms with E-state index in [1.54, 1.807) is 12.1 Å². The fourth-order valence-corrected chi connectivity index (χ4v) is 4.84. The Labute approximate surface area is 190 Å². The highest BCUT2D eigenvalue weighted by Crippen LogP contribution is 2.27. The SMILES string of the molecule is CCCCCCn1c(SCc2nc3ccccc3c(=O)n2CC(N)=O)nc2ccccc21. The molecule has 2 N–H and O–H groups in total. The molecule has 1 amide bonds. The minimum atomic E-state index is -0.571. The number of nitrogens with zero attached hydrogens (tertiary/aromatic N) is 4. The molecule has 0 saturated carbocycles. The normalized spacial score (nSPS) is 11.4. The Kier molecular flexibility index (Phi) is 6.90. The lowest BCUT2D eigenvalue weighted by Crippen LogP contribution is -2.31. The molecule has 7 nitrogen and oxygen atoms in total. The molecule has 0 aliphatic heterocycles. The third-order valence-electron chi connectivity index (χ3n) is 5.44. The van der Waals surface area contributed by atoms with Crippen molar-refractivity contribution >= 4 is 39.6 Å². The Balaban J connectivity index is 1.67. The second kappa shape index (κ2) is 9.99. The van der Waals surface area contributed by atoms with Gasteiger partial charge in [-0.1, -0.05) is 62.2 Å². The number of carbonyl (C=O) groups is 1. The lowest BCUT2D eigenvalue weighted by atomic mass is 10.2. The second-order valence-electron chi connectivity index (χ2n) is 7.79. The van der Waals surface area contributed by atoms with Crippen LogP contribution in [0.5, 0.6) is 0 Å². The fraction of sp³-hybridized carbons (Fsp3) is 0.333. The van der Waals surface area contributed by atoms with Crippen LogP contribution in [0.2, 0.25) is 0 Å². The van der Waals surface area contributed by atoms with Gasteiger partial charge in [-0.3, -0.25) is 14.2 Å². The van der Waals surface area contributed by atoms with Crippen molar-refractivity contribution in [2.75, 3.05) is 0 Å². The van der Waals surface area contributed by atoms with Crippen molar-refractivity contribution < 1.29 is 4.79 Å². The molecule has 0 aliphatic rings. The number of primary amides is 1. The molecule has 2 aromatic carbocycles. The summed E-state index contributed by atoms with van der Waals surface area (Å²) in [4.78, 5) is 34.1. The van der Waals surface area contributed by atoms with Crippen LogP contribution >= 0.6 is 11.8 Å². The highest BCUT2D eigenvalue weighted by atomic mass is 32.2. The average molecular weight is 450 g/mol. The van der Waals surface area contributed by atoms with Crippen LogP contribution < -0.4 is 11.3 Å². The van der Waals surface area contributed by atoms with Gasteiger partial charge in [0.2, 0.25) is 5.91 Å². The van der Waals surface area contributed by atoms with Crippen LogP contribution in [0.3, 0.4) is 0 Å². The Morgan fingerprint density at radius 1 is 0.969 bits per heavy atom. The topological polar surface area (TPSA) is 95.8 Å². The highest BCUT2D eigenvalue weighted by Gasteiger charge is 2.16. The summed E-state index contributed by atoms with van der Waals surface area (Å²) in [6.07, 6.45) is 4.67. The average Bonchev–Trinajstić information content (AvgIpc) is 3.15. The smallest absolute Gasteiger partial charge is 0.261 e. The fourth-order valence-electron chi connectivity index (χ4n) is 3.85. The van der Waals surface area contributed by atoms with Gasteiger partial charge in [-0.05, 0) is 30.7 Å². The number of hydrogen-bond donors (Lipinski definition) is 1. The number of hydrogen-bond acceptors (Lipinski definition) is 5. The summed E-state index contributed by atoms with van der Waals surface area (Å²) in [5.74, 6) is 0.353. The van der Waals surface area contributed by atoms with E-state index >= 15 is 0 Å². The van der Waals surface area contributed by atoms with Crippen molar-refractivity contribution in [1.29, 1.82) is 0 Å². The molecule has 0 bridgehead atoms. The van der Waals surface area contributed by atoms with Crippen LogP contribution in [-0.4, -0.2) is 25.0 Å². The van der Waals surface area contributed by atoms with Crippen molar-refractivity contribution in [3.05, 3.63) is 64.7 Å². The third kappa shape index (κ3) is 4.70. The molecule has 0 saturated heterocycles.